The Morgan fingerprint density at radius 1 is 1.27 bits per heavy atom. The van der Waals surface area contributed by atoms with Crippen molar-refractivity contribution in [3.05, 3.63) is 23.7 Å². The Labute approximate surface area is 133 Å². The van der Waals surface area contributed by atoms with Crippen molar-refractivity contribution in [2.24, 2.45) is 0 Å². The maximum atomic E-state index is 12.5. The SMILES string of the molecule is CC(C)(COS(C)(=O)=O)NS(=O)(=O)c1cccc2ncsc12. The Hall–Kier alpha value is -1.07. The summed E-state index contributed by atoms with van der Waals surface area (Å²) in [6.07, 6.45) is 0.912. The van der Waals surface area contributed by atoms with Crippen molar-refractivity contribution in [3.8, 4) is 0 Å². The molecule has 0 radical (unpaired) electrons. The van der Waals surface area contributed by atoms with Gasteiger partial charge in [0, 0.05) is 0 Å². The predicted octanol–water partition coefficient (Wildman–Crippen LogP) is 1.33. The predicted molar refractivity (Wildman–Crippen MR) is 84.8 cm³/mol. The van der Waals surface area contributed by atoms with Gasteiger partial charge in [-0.25, -0.2) is 18.1 Å². The van der Waals surface area contributed by atoms with Crippen molar-refractivity contribution in [1.82, 2.24) is 9.71 Å². The first-order chi connectivity index (χ1) is 10.0. The summed E-state index contributed by atoms with van der Waals surface area (Å²) in [4.78, 5) is 4.19. The van der Waals surface area contributed by atoms with E-state index in [-0.39, 0.29) is 11.5 Å². The number of thiazole rings is 1. The lowest BCUT2D eigenvalue weighted by atomic mass is 10.1. The van der Waals surface area contributed by atoms with Crippen LogP contribution in [0, 0.1) is 0 Å². The van der Waals surface area contributed by atoms with Gasteiger partial charge in [0.25, 0.3) is 10.1 Å². The number of nitrogens with zero attached hydrogens (tertiary/aromatic N) is 1. The van der Waals surface area contributed by atoms with Crippen molar-refractivity contribution in [3.63, 3.8) is 0 Å². The van der Waals surface area contributed by atoms with Gasteiger partial charge in [-0.2, -0.15) is 8.42 Å². The zero-order chi connectivity index (χ0) is 16.6. The van der Waals surface area contributed by atoms with Crippen LogP contribution in [-0.4, -0.2) is 40.2 Å². The Kier molecular flexibility index (Phi) is 4.60. The lowest BCUT2D eigenvalue weighted by Gasteiger charge is -2.25. The van der Waals surface area contributed by atoms with Crippen LogP contribution in [0.15, 0.2) is 28.6 Å². The van der Waals surface area contributed by atoms with E-state index >= 15 is 0 Å². The van der Waals surface area contributed by atoms with Crippen LogP contribution in [0.1, 0.15) is 13.8 Å². The first kappa shape index (κ1) is 17.3. The molecule has 2 aromatic rings. The highest BCUT2D eigenvalue weighted by molar-refractivity contribution is 7.90. The fourth-order valence-electron chi connectivity index (χ4n) is 1.77. The molecular formula is C12H16N2O5S3. The van der Waals surface area contributed by atoms with E-state index in [1.807, 2.05) is 0 Å². The molecule has 1 aromatic carbocycles. The lowest BCUT2D eigenvalue weighted by molar-refractivity contribution is 0.236. The second kappa shape index (κ2) is 5.85. The van der Waals surface area contributed by atoms with Crippen molar-refractivity contribution in [2.75, 3.05) is 12.9 Å². The normalized spacial score (nSPS) is 13.6. The van der Waals surface area contributed by atoms with Crippen molar-refractivity contribution >= 4 is 41.7 Å². The molecule has 0 atom stereocenters. The number of nitrogens with one attached hydrogen (secondary N) is 1. The molecule has 122 valence electrons. The van der Waals surface area contributed by atoms with Gasteiger partial charge in [-0.3, -0.25) is 4.18 Å². The van der Waals surface area contributed by atoms with E-state index < -0.39 is 25.7 Å². The van der Waals surface area contributed by atoms with E-state index in [4.69, 9.17) is 0 Å². The zero-order valence-corrected chi connectivity index (χ0v) is 14.7. The molecule has 0 fully saturated rings. The third-order valence-electron chi connectivity index (χ3n) is 2.65. The van der Waals surface area contributed by atoms with Crippen LogP contribution in [-0.2, 0) is 24.3 Å². The van der Waals surface area contributed by atoms with Crippen LogP contribution in [0.2, 0.25) is 0 Å². The van der Waals surface area contributed by atoms with Gasteiger partial charge in [0.05, 0.1) is 34.1 Å². The van der Waals surface area contributed by atoms with Crippen molar-refractivity contribution < 1.29 is 21.0 Å². The average molecular weight is 364 g/mol. The molecule has 0 aliphatic heterocycles. The first-order valence-electron chi connectivity index (χ1n) is 6.21. The second-order valence-corrected chi connectivity index (χ2v) is 9.56. The fraction of sp³-hybridized carbons (Fsp3) is 0.417. The first-order valence-corrected chi connectivity index (χ1v) is 10.4. The summed E-state index contributed by atoms with van der Waals surface area (Å²) in [5.41, 5.74) is 1.08. The number of fused-ring (bicyclic) bond motifs is 1. The maximum Gasteiger partial charge on any atom is 0.264 e. The smallest absolute Gasteiger partial charge is 0.264 e. The standard InChI is InChI=1S/C12H16N2O5S3/c1-12(2,7-19-21(3,15)16)14-22(17,18)10-6-4-5-9-11(10)20-8-13-9/h4-6,8,14H,7H2,1-3H3. The van der Waals surface area contributed by atoms with Crippen LogP contribution in [0.5, 0.6) is 0 Å². The van der Waals surface area contributed by atoms with Gasteiger partial charge in [0.2, 0.25) is 10.0 Å². The molecule has 0 unspecified atom stereocenters. The Bertz CT molecular complexity index is 884. The fourth-order valence-corrected chi connectivity index (χ4v) is 4.96. The molecule has 0 saturated heterocycles. The highest BCUT2D eigenvalue weighted by atomic mass is 32.2. The van der Waals surface area contributed by atoms with E-state index in [9.17, 15) is 16.8 Å². The molecule has 0 amide bonds. The van der Waals surface area contributed by atoms with E-state index in [1.54, 1.807) is 31.5 Å². The zero-order valence-electron chi connectivity index (χ0n) is 12.2. The topological polar surface area (TPSA) is 102 Å². The minimum atomic E-state index is -3.84. The summed E-state index contributed by atoms with van der Waals surface area (Å²) < 4.78 is 54.9. The summed E-state index contributed by atoms with van der Waals surface area (Å²) >= 11 is 1.23. The number of hydrogen-bond acceptors (Lipinski definition) is 7. The monoisotopic (exact) mass is 364 g/mol. The molecule has 0 aliphatic carbocycles. The van der Waals surface area contributed by atoms with Crippen LogP contribution in [0.25, 0.3) is 10.2 Å². The molecule has 0 aliphatic rings. The molecule has 7 nitrogen and oxygen atoms in total. The van der Waals surface area contributed by atoms with E-state index in [0.717, 1.165) is 6.26 Å². The number of rotatable bonds is 6. The minimum Gasteiger partial charge on any atom is -0.268 e. The summed E-state index contributed by atoms with van der Waals surface area (Å²) in [5.74, 6) is 0. The number of aromatic nitrogens is 1. The Balaban J connectivity index is 2.29. The molecule has 22 heavy (non-hydrogen) atoms. The van der Waals surface area contributed by atoms with E-state index in [0.29, 0.717) is 10.2 Å². The van der Waals surface area contributed by atoms with Crippen LogP contribution in [0.3, 0.4) is 0 Å². The third kappa shape index (κ3) is 4.23. The molecule has 0 spiro atoms. The van der Waals surface area contributed by atoms with Gasteiger partial charge in [0.15, 0.2) is 0 Å². The van der Waals surface area contributed by atoms with Gasteiger partial charge in [-0.1, -0.05) is 6.07 Å². The van der Waals surface area contributed by atoms with Crippen LogP contribution < -0.4 is 4.72 Å². The molecule has 1 N–H and O–H groups in total. The maximum absolute atomic E-state index is 12.5. The molecule has 1 heterocycles. The van der Waals surface area contributed by atoms with Crippen molar-refractivity contribution in [2.45, 2.75) is 24.3 Å². The summed E-state index contributed by atoms with van der Waals surface area (Å²) in [7, 11) is -7.48. The Morgan fingerprint density at radius 2 is 1.95 bits per heavy atom. The van der Waals surface area contributed by atoms with Crippen LogP contribution in [0.4, 0.5) is 0 Å². The van der Waals surface area contributed by atoms with Gasteiger partial charge in [-0.15, -0.1) is 11.3 Å². The van der Waals surface area contributed by atoms with Crippen LogP contribution >= 0.6 is 11.3 Å². The summed E-state index contributed by atoms with van der Waals surface area (Å²) in [5, 5.41) is 0. The molecule has 2 rings (SSSR count). The minimum absolute atomic E-state index is 0.111. The molecule has 0 saturated carbocycles. The average Bonchev–Trinajstić information content (AvgIpc) is 2.82. The number of benzene rings is 1. The highest BCUT2D eigenvalue weighted by Crippen LogP contribution is 2.26. The quantitative estimate of drug-likeness (QED) is 0.776. The second-order valence-electron chi connectivity index (χ2n) is 5.41. The van der Waals surface area contributed by atoms with Gasteiger partial charge >= 0.3 is 0 Å². The molecular weight excluding hydrogens is 348 g/mol. The van der Waals surface area contributed by atoms with E-state index in [1.165, 1.54) is 17.4 Å². The van der Waals surface area contributed by atoms with Gasteiger partial charge < -0.3 is 0 Å². The number of sulfonamides is 1. The summed E-state index contributed by atoms with van der Waals surface area (Å²) in [6.45, 7) is 2.79. The van der Waals surface area contributed by atoms with Crippen molar-refractivity contribution in [1.29, 1.82) is 0 Å². The summed E-state index contributed by atoms with van der Waals surface area (Å²) in [6, 6.07) is 4.82. The van der Waals surface area contributed by atoms with Gasteiger partial charge in [0.1, 0.15) is 4.90 Å². The van der Waals surface area contributed by atoms with Gasteiger partial charge in [-0.05, 0) is 26.0 Å². The number of hydrogen-bond donors (Lipinski definition) is 1. The highest BCUT2D eigenvalue weighted by Gasteiger charge is 2.29. The Morgan fingerprint density at radius 3 is 2.59 bits per heavy atom. The van der Waals surface area contributed by atoms with E-state index in [2.05, 4.69) is 13.9 Å². The third-order valence-corrected chi connectivity index (χ3v) is 5.95. The largest absolute Gasteiger partial charge is 0.268 e. The lowest BCUT2D eigenvalue weighted by Crippen LogP contribution is -2.47. The molecule has 10 heteroatoms. The molecule has 0 bridgehead atoms. The molecule has 1 aromatic heterocycles.